The molecule has 4 heteroatoms. The average Bonchev–Trinajstić information content (AvgIpc) is 2.62. The lowest BCUT2D eigenvalue weighted by Crippen LogP contribution is -1.77. The molecule has 1 aromatic heterocycles. The van der Waals surface area contributed by atoms with Crippen molar-refractivity contribution in [3.05, 3.63) is 38.6 Å². The molecule has 0 atom stereocenters. The van der Waals surface area contributed by atoms with Crippen LogP contribution < -0.4 is 0 Å². The molecule has 0 radical (unpaired) electrons. The molecule has 2 rings (SSSR count). The van der Waals surface area contributed by atoms with Gasteiger partial charge in [-0.2, -0.15) is 0 Å². The van der Waals surface area contributed by atoms with E-state index in [-0.39, 0.29) is 0 Å². The van der Waals surface area contributed by atoms with Gasteiger partial charge >= 0.3 is 0 Å². The third kappa shape index (κ3) is 1.93. The number of hydrogen-bond donors (Lipinski definition) is 0. The fraction of sp³-hybridized carbons (Fsp3) is 0. The summed E-state index contributed by atoms with van der Waals surface area (Å²) in [6, 6.07) is 5.82. The minimum absolute atomic E-state index is 0.713. The molecule has 0 N–H and O–H groups in total. The SMILES string of the molecule is Clc1cc(-c2cscn2)ccc1Br. The quantitative estimate of drug-likeness (QED) is 0.758. The largest absolute Gasteiger partial charge is 0.245 e. The summed E-state index contributed by atoms with van der Waals surface area (Å²) in [4.78, 5) is 4.20. The van der Waals surface area contributed by atoms with Gasteiger partial charge in [-0.3, -0.25) is 0 Å². The first-order chi connectivity index (χ1) is 6.27. The molecule has 0 spiro atoms. The Morgan fingerprint density at radius 1 is 1.38 bits per heavy atom. The van der Waals surface area contributed by atoms with Gasteiger partial charge in [0.05, 0.1) is 16.2 Å². The van der Waals surface area contributed by atoms with Crippen LogP contribution in [0.25, 0.3) is 11.3 Å². The number of benzene rings is 1. The van der Waals surface area contributed by atoms with Crippen LogP contribution in [-0.4, -0.2) is 4.98 Å². The van der Waals surface area contributed by atoms with Crippen LogP contribution in [0.4, 0.5) is 0 Å². The van der Waals surface area contributed by atoms with Crippen molar-refractivity contribution in [3.8, 4) is 11.3 Å². The molecule has 1 aromatic carbocycles. The highest BCUT2D eigenvalue weighted by atomic mass is 79.9. The Bertz CT molecular complexity index is 414. The van der Waals surface area contributed by atoms with Crippen LogP contribution in [0.2, 0.25) is 5.02 Å². The summed E-state index contributed by atoms with van der Waals surface area (Å²) < 4.78 is 0.910. The van der Waals surface area contributed by atoms with E-state index in [1.807, 2.05) is 29.1 Å². The lowest BCUT2D eigenvalue weighted by Gasteiger charge is -1.99. The van der Waals surface area contributed by atoms with Gasteiger partial charge in [0.15, 0.2) is 0 Å². The lowest BCUT2D eigenvalue weighted by molar-refractivity contribution is 1.41. The topological polar surface area (TPSA) is 12.9 Å². The highest BCUT2D eigenvalue weighted by molar-refractivity contribution is 9.10. The minimum atomic E-state index is 0.713. The van der Waals surface area contributed by atoms with Gasteiger partial charge < -0.3 is 0 Å². The van der Waals surface area contributed by atoms with Crippen LogP contribution in [0.5, 0.6) is 0 Å². The standard InChI is InChI=1S/C9H5BrClNS/c10-7-2-1-6(3-8(7)11)9-4-13-5-12-9/h1-5H. The van der Waals surface area contributed by atoms with Crippen molar-refractivity contribution in [2.24, 2.45) is 0 Å². The van der Waals surface area contributed by atoms with Gasteiger partial charge in [-0.25, -0.2) is 4.98 Å². The predicted molar refractivity (Wildman–Crippen MR) is 60.3 cm³/mol. The fourth-order valence-corrected chi connectivity index (χ4v) is 2.00. The van der Waals surface area contributed by atoms with Gasteiger partial charge in [0.1, 0.15) is 0 Å². The summed E-state index contributed by atoms with van der Waals surface area (Å²) >= 11 is 10.9. The van der Waals surface area contributed by atoms with E-state index in [1.54, 1.807) is 11.3 Å². The van der Waals surface area contributed by atoms with E-state index in [9.17, 15) is 0 Å². The maximum Gasteiger partial charge on any atom is 0.0811 e. The summed E-state index contributed by atoms with van der Waals surface area (Å²) in [7, 11) is 0. The van der Waals surface area contributed by atoms with Crippen molar-refractivity contribution in [1.29, 1.82) is 0 Å². The van der Waals surface area contributed by atoms with Crippen molar-refractivity contribution >= 4 is 38.9 Å². The fourth-order valence-electron chi connectivity index (χ4n) is 1.01. The number of aromatic nitrogens is 1. The third-order valence-electron chi connectivity index (χ3n) is 1.65. The van der Waals surface area contributed by atoms with Crippen LogP contribution in [-0.2, 0) is 0 Å². The minimum Gasteiger partial charge on any atom is -0.245 e. The van der Waals surface area contributed by atoms with Crippen LogP contribution in [0.1, 0.15) is 0 Å². The highest BCUT2D eigenvalue weighted by Crippen LogP contribution is 2.28. The van der Waals surface area contributed by atoms with Crippen LogP contribution in [0, 0.1) is 0 Å². The molecule has 0 saturated carbocycles. The van der Waals surface area contributed by atoms with Gasteiger partial charge in [-0.15, -0.1) is 11.3 Å². The van der Waals surface area contributed by atoms with Crippen molar-refractivity contribution in [2.45, 2.75) is 0 Å². The molecule has 2 aromatic rings. The molecular weight excluding hydrogens is 270 g/mol. The molecule has 0 aliphatic rings. The van der Waals surface area contributed by atoms with Crippen LogP contribution in [0.3, 0.4) is 0 Å². The maximum absolute atomic E-state index is 5.96. The van der Waals surface area contributed by atoms with E-state index >= 15 is 0 Å². The second-order valence-corrected chi connectivity index (χ2v) is 4.48. The lowest BCUT2D eigenvalue weighted by atomic mass is 10.2. The predicted octanol–water partition coefficient (Wildman–Crippen LogP) is 4.23. The Balaban J connectivity index is 2.49. The zero-order chi connectivity index (χ0) is 9.26. The molecule has 66 valence electrons. The second kappa shape index (κ2) is 3.78. The average molecular weight is 275 g/mol. The number of thiazole rings is 1. The Hall–Kier alpha value is -0.380. The Morgan fingerprint density at radius 3 is 2.85 bits per heavy atom. The Morgan fingerprint density at radius 2 is 2.23 bits per heavy atom. The molecule has 0 aliphatic heterocycles. The van der Waals surface area contributed by atoms with Crippen molar-refractivity contribution in [1.82, 2.24) is 4.98 Å². The molecule has 0 fully saturated rings. The molecular formula is C9H5BrClNS. The summed E-state index contributed by atoms with van der Waals surface area (Å²) in [5.41, 5.74) is 3.83. The summed E-state index contributed by atoms with van der Waals surface area (Å²) in [5.74, 6) is 0. The van der Waals surface area contributed by atoms with Gasteiger partial charge in [0.25, 0.3) is 0 Å². The molecule has 0 aliphatic carbocycles. The van der Waals surface area contributed by atoms with Crippen molar-refractivity contribution in [3.63, 3.8) is 0 Å². The summed E-state index contributed by atoms with van der Waals surface area (Å²) in [5, 5.41) is 2.71. The number of hydrogen-bond acceptors (Lipinski definition) is 2. The smallest absolute Gasteiger partial charge is 0.0811 e. The number of nitrogens with zero attached hydrogens (tertiary/aromatic N) is 1. The second-order valence-electron chi connectivity index (χ2n) is 2.50. The number of rotatable bonds is 1. The van der Waals surface area contributed by atoms with E-state index in [1.165, 1.54) is 0 Å². The zero-order valence-electron chi connectivity index (χ0n) is 6.50. The van der Waals surface area contributed by atoms with Gasteiger partial charge in [0, 0.05) is 15.4 Å². The van der Waals surface area contributed by atoms with Gasteiger partial charge in [-0.1, -0.05) is 17.7 Å². The maximum atomic E-state index is 5.96. The van der Waals surface area contributed by atoms with Gasteiger partial charge in [-0.05, 0) is 28.1 Å². The molecule has 0 amide bonds. The Kier molecular flexibility index (Phi) is 2.67. The first-order valence-electron chi connectivity index (χ1n) is 3.61. The number of halogens is 2. The molecule has 0 saturated heterocycles. The van der Waals surface area contributed by atoms with Crippen molar-refractivity contribution in [2.75, 3.05) is 0 Å². The molecule has 1 nitrogen and oxygen atoms in total. The van der Waals surface area contributed by atoms with Crippen LogP contribution >= 0.6 is 38.9 Å². The van der Waals surface area contributed by atoms with Crippen LogP contribution in [0.15, 0.2) is 33.6 Å². The van der Waals surface area contributed by atoms with Crippen molar-refractivity contribution < 1.29 is 0 Å². The van der Waals surface area contributed by atoms with Gasteiger partial charge in [0.2, 0.25) is 0 Å². The molecule has 0 bridgehead atoms. The molecule has 0 unspecified atom stereocenters. The normalized spacial score (nSPS) is 10.3. The van der Waals surface area contributed by atoms with E-state index in [0.717, 1.165) is 15.7 Å². The summed E-state index contributed by atoms with van der Waals surface area (Å²) in [6.45, 7) is 0. The Labute approximate surface area is 93.5 Å². The molecule has 13 heavy (non-hydrogen) atoms. The zero-order valence-corrected chi connectivity index (χ0v) is 9.66. The van der Waals surface area contributed by atoms with E-state index in [2.05, 4.69) is 20.9 Å². The van der Waals surface area contributed by atoms with E-state index in [4.69, 9.17) is 11.6 Å². The monoisotopic (exact) mass is 273 g/mol. The molecule has 1 heterocycles. The third-order valence-corrected chi connectivity index (χ3v) is 3.47. The first kappa shape index (κ1) is 9.19. The van der Waals surface area contributed by atoms with E-state index < -0.39 is 0 Å². The summed E-state index contributed by atoms with van der Waals surface area (Å²) in [6.07, 6.45) is 0. The first-order valence-corrected chi connectivity index (χ1v) is 5.72. The van der Waals surface area contributed by atoms with E-state index in [0.29, 0.717) is 5.02 Å². The highest BCUT2D eigenvalue weighted by Gasteiger charge is 2.02.